The van der Waals surface area contributed by atoms with Crippen molar-refractivity contribution in [3.63, 3.8) is 0 Å². The number of hydrogen-bond acceptors (Lipinski definition) is 5. The lowest BCUT2D eigenvalue weighted by Gasteiger charge is -2.22. The summed E-state index contributed by atoms with van der Waals surface area (Å²) >= 11 is 13.5. The largest absolute Gasteiger partial charge is 0.300 e. The first-order valence-corrected chi connectivity index (χ1v) is 11.1. The van der Waals surface area contributed by atoms with Gasteiger partial charge >= 0.3 is 0 Å². The molecule has 0 saturated carbocycles. The number of halogens is 1. The molecule has 0 aliphatic rings. The van der Waals surface area contributed by atoms with Crippen molar-refractivity contribution in [2.45, 2.75) is 33.1 Å². The van der Waals surface area contributed by atoms with Crippen molar-refractivity contribution in [1.29, 1.82) is 0 Å². The zero-order valence-corrected chi connectivity index (χ0v) is 18.9. The Morgan fingerprint density at radius 1 is 1.17 bits per heavy atom. The second-order valence-electron chi connectivity index (χ2n) is 6.95. The molecule has 4 rings (SSSR count). The molecule has 8 heteroatoms. The molecule has 2 heterocycles. The van der Waals surface area contributed by atoms with Crippen molar-refractivity contribution < 1.29 is 0 Å². The Kier molecular flexibility index (Phi) is 5.83. The van der Waals surface area contributed by atoms with E-state index in [0.717, 1.165) is 28.5 Å². The highest BCUT2D eigenvalue weighted by Crippen LogP contribution is 2.29. The van der Waals surface area contributed by atoms with Crippen molar-refractivity contribution >= 4 is 45.4 Å². The molecular formula is C21H22ClN5S2. The van der Waals surface area contributed by atoms with Crippen molar-refractivity contribution in [1.82, 2.24) is 24.2 Å². The Bertz CT molecular complexity index is 1160. The fourth-order valence-corrected chi connectivity index (χ4v) is 4.75. The van der Waals surface area contributed by atoms with Crippen LogP contribution in [0.1, 0.15) is 24.9 Å². The van der Waals surface area contributed by atoms with Crippen molar-refractivity contribution in [2.75, 3.05) is 7.05 Å². The van der Waals surface area contributed by atoms with Crippen molar-refractivity contribution in [3.8, 4) is 11.4 Å². The smallest absolute Gasteiger partial charge is 0.199 e. The molecule has 0 N–H and O–H groups in total. The van der Waals surface area contributed by atoms with Crippen LogP contribution in [0.5, 0.6) is 0 Å². The molecule has 0 radical (unpaired) electrons. The summed E-state index contributed by atoms with van der Waals surface area (Å²) in [5.74, 6) is 0.857. The van der Waals surface area contributed by atoms with Crippen LogP contribution < -0.4 is 0 Å². The Balaban J connectivity index is 1.61. The normalized spacial score (nSPS) is 12.7. The van der Waals surface area contributed by atoms with Crippen LogP contribution in [0.25, 0.3) is 21.6 Å². The first kappa shape index (κ1) is 20.2. The average molecular weight is 444 g/mol. The number of aromatic nitrogens is 4. The number of hydrogen-bond donors (Lipinski definition) is 0. The topological polar surface area (TPSA) is 38.9 Å². The van der Waals surface area contributed by atoms with Gasteiger partial charge in [-0.05, 0) is 69.5 Å². The van der Waals surface area contributed by atoms with Crippen LogP contribution in [-0.2, 0) is 13.2 Å². The van der Waals surface area contributed by atoms with E-state index in [1.807, 2.05) is 41.1 Å². The first-order chi connectivity index (χ1) is 14.0. The fourth-order valence-electron chi connectivity index (χ4n) is 3.22. The van der Waals surface area contributed by atoms with Gasteiger partial charge in [0.2, 0.25) is 0 Å². The predicted molar refractivity (Wildman–Crippen MR) is 123 cm³/mol. The summed E-state index contributed by atoms with van der Waals surface area (Å²) in [6.45, 7) is 5.59. The van der Waals surface area contributed by atoms with Crippen LogP contribution in [0.4, 0.5) is 0 Å². The van der Waals surface area contributed by atoms with Gasteiger partial charge in [0.05, 0.1) is 22.9 Å². The molecular weight excluding hydrogens is 422 g/mol. The van der Waals surface area contributed by atoms with Gasteiger partial charge in [0.25, 0.3) is 0 Å². The maximum Gasteiger partial charge on any atom is 0.199 e. The van der Waals surface area contributed by atoms with E-state index in [0.29, 0.717) is 16.5 Å². The van der Waals surface area contributed by atoms with Gasteiger partial charge in [-0.2, -0.15) is 5.10 Å². The van der Waals surface area contributed by atoms with Crippen molar-refractivity contribution in [2.24, 2.45) is 0 Å². The summed E-state index contributed by atoms with van der Waals surface area (Å²) in [6.07, 6.45) is 0. The summed E-state index contributed by atoms with van der Waals surface area (Å²) < 4.78 is 5.85. The molecule has 0 amide bonds. The third-order valence-electron chi connectivity index (χ3n) is 5.03. The minimum atomic E-state index is 0.153. The molecule has 0 aliphatic carbocycles. The summed E-state index contributed by atoms with van der Waals surface area (Å²) in [5, 5.41) is 6.61. The molecule has 0 fully saturated rings. The van der Waals surface area contributed by atoms with Crippen LogP contribution in [0, 0.1) is 4.77 Å². The lowest BCUT2D eigenvalue weighted by Crippen LogP contribution is -2.26. The molecule has 1 atom stereocenters. The molecule has 0 spiro atoms. The Morgan fingerprint density at radius 3 is 2.59 bits per heavy atom. The number of benzene rings is 2. The van der Waals surface area contributed by atoms with Gasteiger partial charge in [0.15, 0.2) is 10.6 Å². The monoisotopic (exact) mass is 443 g/mol. The predicted octanol–water partition coefficient (Wildman–Crippen LogP) is 6.01. The van der Waals surface area contributed by atoms with E-state index in [1.54, 1.807) is 11.3 Å². The molecule has 0 aliphatic heterocycles. The third-order valence-corrected chi connectivity index (χ3v) is 6.92. The Morgan fingerprint density at radius 2 is 1.90 bits per heavy atom. The zero-order chi connectivity index (χ0) is 20.5. The lowest BCUT2D eigenvalue weighted by atomic mass is 10.2. The molecule has 2 aromatic heterocycles. The molecule has 5 nitrogen and oxygen atoms in total. The third kappa shape index (κ3) is 4.00. The standard InChI is InChI=1S/C21H22ClN5S2/c1-4-26-19(15-9-11-16(22)12-10-15)24-27(21(26)28)13-25(3)14(2)20-23-17-7-5-6-8-18(17)29-20/h5-12,14H,4,13H2,1-3H3/t14-/m1/s1. The van der Waals surface area contributed by atoms with E-state index in [1.165, 1.54) is 4.70 Å². The number of thiazole rings is 1. The number of nitrogens with zero attached hydrogens (tertiary/aromatic N) is 5. The van der Waals surface area contributed by atoms with E-state index in [2.05, 4.69) is 42.5 Å². The molecule has 2 aromatic carbocycles. The highest BCUT2D eigenvalue weighted by molar-refractivity contribution is 7.71. The number of rotatable bonds is 6. The molecule has 29 heavy (non-hydrogen) atoms. The van der Waals surface area contributed by atoms with Gasteiger partial charge in [-0.1, -0.05) is 23.7 Å². The highest BCUT2D eigenvalue weighted by Gasteiger charge is 2.19. The number of para-hydroxylation sites is 1. The van der Waals surface area contributed by atoms with E-state index in [4.69, 9.17) is 33.9 Å². The van der Waals surface area contributed by atoms with Gasteiger partial charge < -0.3 is 4.57 Å². The van der Waals surface area contributed by atoms with Crippen LogP contribution in [-0.4, -0.2) is 31.3 Å². The summed E-state index contributed by atoms with van der Waals surface area (Å²) in [6, 6.07) is 16.1. The molecule has 0 bridgehead atoms. The fraction of sp³-hybridized carbons (Fsp3) is 0.286. The molecule has 0 unspecified atom stereocenters. The minimum Gasteiger partial charge on any atom is -0.300 e. The van der Waals surface area contributed by atoms with Crippen LogP contribution in [0.15, 0.2) is 48.5 Å². The van der Waals surface area contributed by atoms with E-state index < -0.39 is 0 Å². The van der Waals surface area contributed by atoms with Crippen LogP contribution in [0.3, 0.4) is 0 Å². The second-order valence-corrected chi connectivity index (χ2v) is 8.81. The van der Waals surface area contributed by atoms with Gasteiger partial charge in [-0.15, -0.1) is 11.3 Å². The van der Waals surface area contributed by atoms with E-state index in [9.17, 15) is 0 Å². The average Bonchev–Trinajstić information content (AvgIpc) is 3.29. The second kappa shape index (κ2) is 8.36. The summed E-state index contributed by atoms with van der Waals surface area (Å²) in [4.78, 5) is 7.01. The summed E-state index contributed by atoms with van der Waals surface area (Å²) in [5.41, 5.74) is 2.05. The van der Waals surface area contributed by atoms with Crippen molar-refractivity contribution in [3.05, 3.63) is 63.3 Å². The van der Waals surface area contributed by atoms with E-state index >= 15 is 0 Å². The maximum absolute atomic E-state index is 6.04. The highest BCUT2D eigenvalue weighted by atomic mass is 35.5. The van der Waals surface area contributed by atoms with Gasteiger partial charge in [-0.25, -0.2) is 9.67 Å². The van der Waals surface area contributed by atoms with Crippen LogP contribution >= 0.6 is 35.2 Å². The Hall–Kier alpha value is -2.06. The molecule has 150 valence electrons. The number of fused-ring (bicyclic) bond motifs is 1. The maximum atomic E-state index is 6.04. The SMILES string of the molecule is CCn1c(-c2ccc(Cl)cc2)nn(CN(C)[C@H](C)c2nc3ccccc3s2)c1=S. The first-order valence-electron chi connectivity index (χ1n) is 9.47. The van der Waals surface area contributed by atoms with E-state index in [-0.39, 0.29) is 6.04 Å². The molecule has 0 saturated heterocycles. The summed E-state index contributed by atoms with van der Waals surface area (Å²) in [7, 11) is 2.07. The van der Waals surface area contributed by atoms with Crippen LogP contribution in [0.2, 0.25) is 5.02 Å². The van der Waals surface area contributed by atoms with Gasteiger partial charge in [-0.3, -0.25) is 4.90 Å². The lowest BCUT2D eigenvalue weighted by molar-refractivity contribution is 0.194. The minimum absolute atomic E-state index is 0.153. The zero-order valence-electron chi connectivity index (χ0n) is 16.5. The molecule has 4 aromatic rings. The Labute approximate surface area is 184 Å². The van der Waals surface area contributed by atoms with Gasteiger partial charge in [0.1, 0.15) is 5.01 Å². The quantitative estimate of drug-likeness (QED) is 0.342. The van der Waals surface area contributed by atoms with Gasteiger partial charge in [0, 0.05) is 17.1 Å².